The average Bonchev–Trinajstić information content (AvgIpc) is 3.15. The van der Waals surface area contributed by atoms with Crippen LogP contribution < -0.4 is 5.32 Å². The number of hydrogen-bond donors (Lipinski definition) is 2. The van der Waals surface area contributed by atoms with Crippen LogP contribution >= 0.6 is 11.3 Å². The molecule has 1 saturated heterocycles. The Labute approximate surface area is 127 Å². The first-order valence-corrected chi connectivity index (χ1v) is 7.79. The number of hydrogen-bond acceptors (Lipinski definition) is 4. The summed E-state index contributed by atoms with van der Waals surface area (Å²) in [5, 5.41) is 11.5. The molecule has 1 aromatic heterocycles. The normalized spacial score (nSPS) is 19.8. The third kappa shape index (κ3) is 2.55. The first-order valence-electron chi connectivity index (χ1n) is 6.97. The van der Waals surface area contributed by atoms with E-state index in [1.165, 1.54) is 16.2 Å². The minimum atomic E-state index is -0.645. The summed E-state index contributed by atoms with van der Waals surface area (Å²) in [4.78, 5) is 27.6. The van der Waals surface area contributed by atoms with Crippen molar-refractivity contribution in [2.75, 3.05) is 6.61 Å². The van der Waals surface area contributed by atoms with E-state index in [-0.39, 0.29) is 25.1 Å². The third-order valence-electron chi connectivity index (χ3n) is 3.97. The lowest BCUT2D eigenvalue weighted by atomic mass is 9.98. The van der Waals surface area contributed by atoms with Gasteiger partial charge in [-0.1, -0.05) is 24.7 Å². The van der Waals surface area contributed by atoms with Crippen LogP contribution in [-0.2, 0) is 11.3 Å². The Kier molecular flexibility index (Phi) is 3.70. The smallest absolute Gasteiger partial charge is 0.325 e. The molecule has 1 aromatic rings. The lowest BCUT2D eigenvalue weighted by Gasteiger charge is -2.19. The summed E-state index contributed by atoms with van der Waals surface area (Å²) in [5.41, 5.74) is -0.645. The molecule has 0 atom stereocenters. The van der Waals surface area contributed by atoms with Crippen molar-refractivity contribution < 1.29 is 14.7 Å². The molecule has 0 bridgehead atoms. The molecule has 3 rings (SSSR count). The molecule has 1 aliphatic heterocycles. The molecule has 3 amide bonds. The van der Waals surface area contributed by atoms with Gasteiger partial charge in [-0.2, -0.15) is 0 Å². The molecule has 110 valence electrons. The number of rotatable bonds is 2. The molecule has 0 radical (unpaired) electrons. The van der Waals surface area contributed by atoms with Crippen LogP contribution in [-0.4, -0.2) is 34.1 Å². The zero-order chi connectivity index (χ0) is 14.9. The van der Waals surface area contributed by atoms with Crippen LogP contribution in [0.15, 0.2) is 12.1 Å². The maximum absolute atomic E-state index is 12.5. The van der Waals surface area contributed by atoms with E-state index in [2.05, 4.69) is 17.2 Å². The van der Waals surface area contributed by atoms with Crippen LogP contribution in [0.2, 0.25) is 0 Å². The second-order valence-electron chi connectivity index (χ2n) is 5.34. The number of aliphatic hydroxyl groups is 1. The second-order valence-corrected chi connectivity index (χ2v) is 6.50. The third-order valence-corrected chi connectivity index (χ3v) is 4.95. The van der Waals surface area contributed by atoms with Crippen molar-refractivity contribution in [1.29, 1.82) is 0 Å². The zero-order valence-electron chi connectivity index (χ0n) is 11.5. The monoisotopic (exact) mass is 304 g/mol. The highest BCUT2D eigenvalue weighted by molar-refractivity contribution is 7.12. The van der Waals surface area contributed by atoms with E-state index in [1.54, 1.807) is 0 Å². The predicted octanol–water partition coefficient (Wildman–Crippen LogP) is 1.46. The van der Waals surface area contributed by atoms with Crippen molar-refractivity contribution in [2.45, 2.75) is 37.8 Å². The molecule has 0 unspecified atom stereocenters. The summed E-state index contributed by atoms with van der Waals surface area (Å²) in [6.45, 7) is 0.112. The molecule has 2 heterocycles. The first-order chi connectivity index (χ1) is 10.1. The summed E-state index contributed by atoms with van der Waals surface area (Å²) in [6, 6.07) is 3.41. The SMILES string of the molecule is O=C1NC2(CCCC2)C(=O)N1Cc1ccc(C#CCO)s1. The lowest BCUT2D eigenvalue weighted by Crippen LogP contribution is -2.44. The molecule has 2 aliphatic rings. The van der Waals surface area contributed by atoms with Crippen molar-refractivity contribution in [3.05, 3.63) is 21.9 Å². The van der Waals surface area contributed by atoms with Gasteiger partial charge in [0.05, 0.1) is 11.4 Å². The fourth-order valence-electron chi connectivity index (χ4n) is 2.95. The van der Waals surface area contributed by atoms with Gasteiger partial charge in [-0.3, -0.25) is 9.69 Å². The Balaban J connectivity index is 1.74. The Morgan fingerprint density at radius 1 is 1.33 bits per heavy atom. The number of amides is 3. The number of nitrogens with zero attached hydrogens (tertiary/aromatic N) is 1. The molecule has 21 heavy (non-hydrogen) atoms. The number of carbonyl (C=O) groups excluding carboxylic acids is 2. The minimum Gasteiger partial charge on any atom is -0.384 e. The van der Waals surface area contributed by atoms with Crippen LogP contribution in [0.1, 0.15) is 35.4 Å². The Morgan fingerprint density at radius 2 is 2.10 bits per heavy atom. The molecular weight excluding hydrogens is 288 g/mol. The van der Waals surface area contributed by atoms with Gasteiger partial charge in [-0.25, -0.2) is 4.79 Å². The van der Waals surface area contributed by atoms with E-state index in [0.29, 0.717) is 0 Å². The maximum Gasteiger partial charge on any atom is 0.325 e. The fourth-order valence-corrected chi connectivity index (χ4v) is 3.82. The van der Waals surface area contributed by atoms with E-state index in [9.17, 15) is 9.59 Å². The van der Waals surface area contributed by atoms with Crippen molar-refractivity contribution in [3.63, 3.8) is 0 Å². The van der Waals surface area contributed by atoms with Gasteiger partial charge < -0.3 is 10.4 Å². The maximum atomic E-state index is 12.5. The molecule has 1 spiro atoms. The summed E-state index contributed by atoms with van der Waals surface area (Å²) in [5.74, 6) is 5.31. The van der Waals surface area contributed by atoms with Crippen molar-refractivity contribution in [3.8, 4) is 11.8 Å². The number of urea groups is 1. The highest BCUT2D eigenvalue weighted by Gasteiger charge is 2.52. The molecule has 0 aromatic carbocycles. The average molecular weight is 304 g/mol. The Hall–Kier alpha value is -1.84. The van der Waals surface area contributed by atoms with Gasteiger partial charge in [-0.15, -0.1) is 11.3 Å². The number of carbonyl (C=O) groups is 2. The first kappa shape index (κ1) is 14.1. The van der Waals surface area contributed by atoms with Crippen molar-refractivity contribution in [2.24, 2.45) is 0 Å². The summed E-state index contributed by atoms with van der Waals surface area (Å²) in [6.07, 6.45) is 3.46. The van der Waals surface area contributed by atoms with Gasteiger partial charge in [0.15, 0.2) is 0 Å². The summed E-state index contributed by atoms with van der Waals surface area (Å²) < 4.78 is 0. The minimum absolute atomic E-state index is 0.0959. The van der Waals surface area contributed by atoms with Gasteiger partial charge in [0, 0.05) is 4.88 Å². The fraction of sp³-hybridized carbons (Fsp3) is 0.467. The van der Waals surface area contributed by atoms with E-state index in [1.807, 2.05) is 12.1 Å². The number of aliphatic hydroxyl groups excluding tert-OH is 1. The topological polar surface area (TPSA) is 69.6 Å². The molecular formula is C15H16N2O3S. The second kappa shape index (κ2) is 5.51. The van der Waals surface area contributed by atoms with Gasteiger partial charge in [-0.05, 0) is 25.0 Å². The van der Waals surface area contributed by atoms with E-state index in [0.717, 1.165) is 35.4 Å². The van der Waals surface area contributed by atoms with Gasteiger partial charge in [0.2, 0.25) is 0 Å². The van der Waals surface area contributed by atoms with Gasteiger partial charge >= 0.3 is 6.03 Å². The lowest BCUT2D eigenvalue weighted by molar-refractivity contribution is -0.131. The van der Waals surface area contributed by atoms with E-state index < -0.39 is 5.54 Å². The quantitative estimate of drug-likeness (QED) is 0.642. The molecule has 6 heteroatoms. The highest BCUT2D eigenvalue weighted by Crippen LogP contribution is 2.35. The van der Waals surface area contributed by atoms with Crippen molar-refractivity contribution >= 4 is 23.3 Å². The van der Waals surface area contributed by atoms with Crippen LogP contribution in [0, 0.1) is 11.8 Å². The highest BCUT2D eigenvalue weighted by atomic mass is 32.1. The van der Waals surface area contributed by atoms with E-state index >= 15 is 0 Å². The molecule has 2 fully saturated rings. The van der Waals surface area contributed by atoms with Crippen LogP contribution in [0.4, 0.5) is 4.79 Å². The summed E-state index contributed by atoms with van der Waals surface area (Å²) in [7, 11) is 0. The van der Waals surface area contributed by atoms with Crippen LogP contribution in [0.25, 0.3) is 0 Å². The number of nitrogens with one attached hydrogen (secondary N) is 1. The Bertz CT molecular complexity index is 635. The van der Waals surface area contributed by atoms with Crippen molar-refractivity contribution in [1.82, 2.24) is 10.2 Å². The number of imide groups is 1. The standard InChI is InChI=1S/C15H16N2O3S/c18-9-3-4-11-5-6-12(21-11)10-17-13(19)15(16-14(17)20)7-1-2-8-15/h5-6,18H,1-2,7-10H2,(H,16,20). The van der Waals surface area contributed by atoms with Gasteiger partial charge in [0.1, 0.15) is 12.1 Å². The molecule has 1 saturated carbocycles. The number of thiophene rings is 1. The largest absolute Gasteiger partial charge is 0.384 e. The van der Waals surface area contributed by atoms with Crippen LogP contribution in [0.5, 0.6) is 0 Å². The molecule has 2 N–H and O–H groups in total. The Morgan fingerprint density at radius 3 is 2.81 bits per heavy atom. The molecule has 1 aliphatic carbocycles. The summed E-state index contributed by atoms with van der Waals surface area (Å²) >= 11 is 1.44. The van der Waals surface area contributed by atoms with E-state index in [4.69, 9.17) is 5.11 Å². The molecule has 5 nitrogen and oxygen atoms in total. The van der Waals surface area contributed by atoms with Crippen LogP contribution in [0.3, 0.4) is 0 Å². The zero-order valence-corrected chi connectivity index (χ0v) is 12.3. The predicted molar refractivity (Wildman–Crippen MR) is 78.6 cm³/mol. The van der Waals surface area contributed by atoms with Gasteiger partial charge in [0.25, 0.3) is 5.91 Å².